The standard InChI is InChI=1S/C34H36FN3O6/c1-21-27(15-22-16-30(42-4)33(31(17-22)43-5)44-34(40)38-13-11-37(2)12-14-38)26-10-9-23(35)18-29(26)28(21)20-32(39)36-24-7-6-8-25(19-24)41-3/h6-10,15-19H,11-14,20H2,1-5H3,(H,36,39)/b27-15-. The van der Waals surface area contributed by atoms with Crippen molar-refractivity contribution in [1.82, 2.24) is 9.80 Å². The Kier molecular flexibility index (Phi) is 9.20. The highest BCUT2D eigenvalue weighted by Crippen LogP contribution is 2.45. The van der Waals surface area contributed by atoms with Crippen LogP contribution < -0.4 is 24.3 Å². The fourth-order valence-electron chi connectivity index (χ4n) is 5.44. The number of piperazine rings is 1. The molecular weight excluding hydrogens is 565 g/mol. The molecule has 0 atom stereocenters. The van der Waals surface area contributed by atoms with Gasteiger partial charge in [0.25, 0.3) is 0 Å². The van der Waals surface area contributed by atoms with Crippen LogP contribution in [0, 0.1) is 5.82 Å². The summed E-state index contributed by atoms with van der Waals surface area (Å²) in [6.07, 6.45) is 1.50. The van der Waals surface area contributed by atoms with E-state index in [2.05, 4.69) is 10.2 Å². The van der Waals surface area contributed by atoms with Crippen molar-refractivity contribution in [3.63, 3.8) is 0 Å². The number of allylic oxidation sites excluding steroid dienone is 2. The zero-order chi connectivity index (χ0) is 31.4. The van der Waals surface area contributed by atoms with Gasteiger partial charge in [0.2, 0.25) is 11.7 Å². The number of methoxy groups -OCH3 is 3. The monoisotopic (exact) mass is 601 g/mol. The predicted molar refractivity (Wildman–Crippen MR) is 168 cm³/mol. The highest BCUT2D eigenvalue weighted by atomic mass is 19.1. The number of hydrogen-bond donors (Lipinski definition) is 1. The lowest BCUT2D eigenvalue weighted by Gasteiger charge is -2.31. The fourth-order valence-corrected chi connectivity index (χ4v) is 5.44. The average molecular weight is 602 g/mol. The van der Waals surface area contributed by atoms with Crippen molar-refractivity contribution in [3.8, 4) is 23.0 Å². The first-order chi connectivity index (χ1) is 21.2. The largest absolute Gasteiger partial charge is 0.497 e. The van der Waals surface area contributed by atoms with E-state index in [9.17, 15) is 14.0 Å². The number of carbonyl (C=O) groups is 2. The molecule has 3 aromatic carbocycles. The maximum Gasteiger partial charge on any atom is 0.415 e. The Bertz CT molecular complexity index is 1620. The van der Waals surface area contributed by atoms with Crippen LogP contribution in [-0.2, 0) is 4.79 Å². The molecule has 0 unspecified atom stereocenters. The number of anilines is 1. The molecule has 1 saturated heterocycles. The molecule has 0 radical (unpaired) electrons. The first-order valence-corrected chi connectivity index (χ1v) is 14.3. The number of carbonyl (C=O) groups excluding carboxylic acids is 2. The molecule has 1 aliphatic carbocycles. The van der Waals surface area contributed by atoms with Gasteiger partial charge in [0.05, 0.1) is 27.8 Å². The summed E-state index contributed by atoms with van der Waals surface area (Å²) in [5.74, 6) is 0.850. The second-order valence-corrected chi connectivity index (χ2v) is 10.7. The first kappa shape index (κ1) is 30.6. The molecule has 0 saturated carbocycles. The van der Waals surface area contributed by atoms with Crippen LogP contribution in [0.2, 0.25) is 0 Å². The van der Waals surface area contributed by atoms with E-state index in [1.807, 2.05) is 20.0 Å². The van der Waals surface area contributed by atoms with Crippen LogP contribution in [0.25, 0.3) is 17.2 Å². The number of likely N-dealkylation sites (N-methyl/N-ethyl adjacent to an activating group) is 1. The highest BCUT2D eigenvalue weighted by Gasteiger charge is 2.27. The third-order valence-electron chi connectivity index (χ3n) is 7.89. The van der Waals surface area contributed by atoms with Crippen molar-refractivity contribution in [2.45, 2.75) is 13.3 Å². The molecule has 230 valence electrons. The van der Waals surface area contributed by atoms with E-state index in [-0.39, 0.29) is 18.1 Å². The molecule has 1 N–H and O–H groups in total. The molecule has 44 heavy (non-hydrogen) atoms. The summed E-state index contributed by atoms with van der Waals surface area (Å²) in [7, 11) is 6.57. The van der Waals surface area contributed by atoms with Crippen LogP contribution in [-0.4, -0.2) is 76.4 Å². The smallest absolute Gasteiger partial charge is 0.415 e. The lowest BCUT2D eigenvalue weighted by molar-refractivity contribution is -0.115. The molecule has 9 nitrogen and oxygen atoms in total. The summed E-state index contributed by atoms with van der Waals surface area (Å²) in [6.45, 7) is 4.57. The summed E-state index contributed by atoms with van der Waals surface area (Å²) in [4.78, 5) is 29.9. The van der Waals surface area contributed by atoms with E-state index in [4.69, 9.17) is 18.9 Å². The van der Waals surface area contributed by atoms with E-state index in [0.717, 1.165) is 35.4 Å². The van der Waals surface area contributed by atoms with Crippen molar-refractivity contribution >= 4 is 34.9 Å². The summed E-state index contributed by atoms with van der Waals surface area (Å²) in [5, 5.41) is 2.91. The number of amides is 2. The van der Waals surface area contributed by atoms with Gasteiger partial charge in [0, 0.05) is 37.9 Å². The second kappa shape index (κ2) is 13.2. The van der Waals surface area contributed by atoms with Gasteiger partial charge in [0.15, 0.2) is 11.5 Å². The summed E-state index contributed by atoms with van der Waals surface area (Å²) in [5.41, 5.74) is 5.18. The van der Waals surface area contributed by atoms with E-state index in [1.54, 1.807) is 54.5 Å². The van der Waals surface area contributed by atoms with Gasteiger partial charge < -0.3 is 34.1 Å². The topological polar surface area (TPSA) is 89.6 Å². The Labute approximate surface area is 256 Å². The number of benzene rings is 3. The number of ether oxygens (including phenoxy) is 4. The van der Waals surface area contributed by atoms with E-state index in [0.29, 0.717) is 47.2 Å². The van der Waals surface area contributed by atoms with Crippen LogP contribution in [0.1, 0.15) is 30.0 Å². The number of nitrogens with one attached hydrogen (secondary N) is 1. The Balaban J connectivity index is 1.45. The predicted octanol–water partition coefficient (Wildman–Crippen LogP) is 5.95. The summed E-state index contributed by atoms with van der Waals surface area (Å²) >= 11 is 0. The van der Waals surface area contributed by atoms with E-state index in [1.165, 1.54) is 26.4 Å². The average Bonchev–Trinajstić information content (AvgIpc) is 3.26. The number of nitrogens with zero attached hydrogens (tertiary/aromatic N) is 2. The number of halogens is 1. The quantitative estimate of drug-likeness (QED) is 0.341. The maximum absolute atomic E-state index is 14.4. The molecule has 2 aliphatic rings. The van der Waals surface area contributed by atoms with Gasteiger partial charge in [-0.05, 0) is 89.9 Å². The number of hydrogen-bond acceptors (Lipinski definition) is 7. The zero-order valence-corrected chi connectivity index (χ0v) is 25.5. The minimum Gasteiger partial charge on any atom is -0.497 e. The van der Waals surface area contributed by atoms with Crippen LogP contribution in [0.15, 0.2) is 60.2 Å². The van der Waals surface area contributed by atoms with Crippen LogP contribution in [0.5, 0.6) is 23.0 Å². The van der Waals surface area contributed by atoms with Crippen molar-refractivity contribution in [2.75, 3.05) is 59.9 Å². The second-order valence-electron chi connectivity index (χ2n) is 10.7. The first-order valence-electron chi connectivity index (χ1n) is 14.3. The van der Waals surface area contributed by atoms with E-state index < -0.39 is 11.9 Å². The van der Waals surface area contributed by atoms with Gasteiger partial charge in [-0.25, -0.2) is 9.18 Å². The van der Waals surface area contributed by atoms with Gasteiger partial charge >= 0.3 is 6.09 Å². The third-order valence-corrected chi connectivity index (χ3v) is 7.89. The maximum atomic E-state index is 14.4. The van der Waals surface area contributed by atoms with Gasteiger partial charge in [-0.3, -0.25) is 4.79 Å². The lowest BCUT2D eigenvalue weighted by Crippen LogP contribution is -2.48. The third kappa shape index (κ3) is 6.55. The molecule has 10 heteroatoms. The molecule has 1 fully saturated rings. The highest BCUT2D eigenvalue weighted by molar-refractivity contribution is 6.10. The van der Waals surface area contributed by atoms with Crippen molar-refractivity contribution in [2.24, 2.45) is 0 Å². The SMILES string of the molecule is COc1cccc(NC(=O)CC2=C(C)/C(=C/c3cc(OC)c(OC(=O)N4CCN(C)CC4)c(OC)c3)c3ccc(F)cc32)c1. The van der Waals surface area contributed by atoms with Gasteiger partial charge in [-0.1, -0.05) is 12.1 Å². The minimum atomic E-state index is -0.469. The van der Waals surface area contributed by atoms with Gasteiger partial charge in [-0.2, -0.15) is 0 Å². The van der Waals surface area contributed by atoms with Gasteiger partial charge in [0.1, 0.15) is 11.6 Å². The summed E-state index contributed by atoms with van der Waals surface area (Å²) < 4.78 is 36.7. The Morgan fingerprint density at radius 1 is 0.909 bits per heavy atom. The lowest BCUT2D eigenvalue weighted by atomic mass is 10.00. The molecule has 0 aromatic heterocycles. The molecule has 0 bridgehead atoms. The van der Waals surface area contributed by atoms with Crippen molar-refractivity contribution in [1.29, 1.82) is 0 Å². The normalized spacial score (nSPS) is 15.7. The fraction of sp³-hybridized carbons (Fsp3) is 0.294. The molecule has 1 aliphatic heterocycles. The number of fused-ring (bicyclic) bond motifs is 1. The van der Waals surface area contributed by atoms with Crippen molar-refractivity contribution < 1.29 is 32.9 Å². The molecule has 1 heterocycles. The Hall–Kier alpha value is -4.83. The molecule has 0 spiro atoms. The molecular formula is C34H36FN3O6. The summed E-state index contributed by atoms with van der Waals surface area (Å²) in [6, 6.07) is 15.2. The van der Waals surface area contributed by atoms with E-state index >= 15 is 0 Å². The molecule has 2 amide bonds. The van der Waals surface area contributed by atoms with Gasteiger partial charge in [-0.15, -0.1) is 0 Å². The Morgan fingerprint density at radius 2 is 1.61 bits per heavy atom. The minimum absolute atomic E-state index is 0.0463. The van der Waals surface area contributed by atoms with Crippen molar-refractivity contribution in [3.05, 3.63) is 82.7 Å². The molecule has 3 aromatic rings. The Morgan fingerprint density at radius 3 is 2.27 bits per heavy atom. The van der Waals surface area contributed by atoms with Crippen LogP contribution in [0.4, 0.5) is 14.9 Å². The van der Waals surface area contributed by atoms with Crippen LogP contribution in [0.3, 0.4) is 0 Å². The van der Waals surface area contributed by atoms with Crippen LogP contribution >= 0.6 is 0 Å². The zero-order valence-electron chi connectivity index (χ0n) is 25.5. The number of rotatable bonds is 8. The molecule has 5 rings (SSSR count).